The van der Waals surface area contributed by atoms with Gasteiger partial charge < -0.3 is 14.8 Å². The molecule has 0 saturated heterocycles. The van der Waals surface area contributed by atoms with E-state index in [1.54, 1.807) is 36.4 Å². The Balaban J connectivity index is 1.85. The van der Waals surface area contributed by atoms with Crippen molar-refractivity contribution in [3.05, 3.63) is 92.4 Å². The van der Waals surface area contributed by atoms with Crippen LogP contribution >= 0.6 is 34.8 Å². The molecule has 0 radical (unpaired) electrons. The molecule has 0 spiro atoms. The lowest BCUT2D eigenvalue weighted by Crippen LogP contribution is -2.13. The van der Waals surface area contributed by atoms with Crippen molar-refractivity contribution in [2.75, 3.05) is 11.9 Å². The lowest BCUT2D eigenvalue weighted by Gasteiger charge is -2.13. The number of hydrogen-bond acceptors (Lipinski definition) is 4. The summed E-state index contributed by atoms with van der Waals surface area (Å²) in [6.45, 7) is 2.56. The molecule has 0 saturated carbocycles. The van der Waals surface area contributed by atoms with E-state index in [0.29, 0.717) is 33.7 Å². The molecule has 3 rings (SSSR count). The maximum absolute atomic E-state index is 12.7. The zero-order valence-corrected chi connectivity index (χ0v) is 19.8. The highest BCUT2D eigenvalue weighted by Crippen LogP contribution is 2.35. The Kier molecular flexibility index (Phi) is 8.62. The average molecular weight is 502 g/mol. The Morgan fingerprint density at radius 3 is 2.42 bits per heavy atom. The largest absolute Gasteiger partial charge is 0.494 e. The maximum atomic E-state index is 12.7. The highest BCUT2D eigenvalue weighted by atomic mass is 35.5. The van der Waals surface area contributed by atoms with Gasteiger partial charge in [0.15, 0.2) is 0 Å². The summed E-state index contributed by atoms with van der Waals surface area (Å²) in [5, 5.41) is 13.4. The summed E-state index contributed by atoms with van der Waals surface area (Å²) in [5.41, 5.74) is 1.51. The minimum absolute atomic E-state index is 0.141. The smallest absolute Gasteiger partial charge is 0.266 e. The normalized spacial score (nSPS) is 10.9. The van der Waals surface area contributed by atoms with Crippen molar-refractivity contribution in [3.8, 4) is 17.6 Å². The third-order valence-corrected chi connectivity index (χ3v) is 5.32. The van der Waals surface area contributed by atoms with Gasteiger partial charge in [0.2, 0.25) is 0 Å². The minimum atomic E-state index is -0.588. The SMILES string of the molecule is CCOc1ccc(NC(=O)/C(C#N)=C/c2cc(Cl)cc(Cl)c2OCc2ccccc2Cl)cc1. The van der Waals surface area contributed by atoms with Crippen molar-refractivity contribution in [2.45, 2.75) is 13.5 Å². The van der Waals surface area contributed by atoms with Gasteiger partial charge >= 0.3 is 0 Å². The van der Waals surface area contributed by atoms with Crippen molar-refractivity contribution in [3.63, 3.8) is 0 Å². The Bertz CT molecular complexity index is 1220. The molecule has 0 unspecified atom stereocenters. The van der Waals surface area contributed by atoms with Crippen LogP contribution < -0.4 is 14.8 Å². The maximum Gasteiger partial charge on any atom is 0.266 e. The fourth-order valence-corrected chi connectivity index (χ4v) is 3.66. The monoisotopic (exact) mass is 500 g/mol. The highest BCUT2D eigenvalue weighted by Gasteiger charge is 2.15. The second-order valence-electron chi connectivity index (χ2n) is 6.77. The number of amides is 1. The van der Waals surface area contributed by atoms with Gasteiger partial charge in [-0.25, -0.2) is 0 Å². The minimum Gasteiger partial charge on any atom is -0.494 e. The van der Waals surface area contributed by atoms with Crippen molar-refractivity contribution in [1.29, 1.82) is 5.26 Å². The zero-order valence-electron chi connectivity index (χ0n) is 17.6. The second kappa shape index (κ2) is 11.6. The van der Waals surface area contributed by atoms with Crippen LogP contribution in [0.5, 0.6) is 11.5 Å². The highest BCUT2D eigenvalue weighted by molar-refractivity contribution is 6.36. The van der Waals surface area contributed by atoms with Gasteiger partial charge in [-0.05, 0) is 55.5 Å². The van der Waals surface area contributed by atoms with Gasteiger partial charge in [-0.1, -0.05) is 53.0 Å². The van der Waals surface area contributed by atoms with E-state index in [2.05, 4.69) is 5.32 Å². The standard InChI is InChI=1S/C25H19Cl3N2O3/c1-2-32-21-9-7-20(8-10-21)30-25(31)18(14-29)11-17-12-19(26)13-23(28)24(17)33-15-16-5-3-4-6-22(16)27/h3-13H,2,15H2,1H3,(H,30,31)/b18-11+. The summed E-state index contributed by atoms with van der Waals surface area (Å²) in [6.07, 6.45) is 1.38. The van der Waals surface area contributed by atoms with Gasteiger partial charge in [0.1, 0.15) is 29.7 Å². The number of carbonyl (C=O) groups is 1. The molecule has 168 valence electrons. The van der Waals surface area contributed by atoms with E-state index in [1.165, 1.54) is 12.1 Å². The first-order valence-corrected chi connectivity index (χ1v) is 11.1. The molecule has 33 heavy (non-hydrogen) atoms. The summed E-state index contributed by atoms with van der Waals surface area (Å²) < 4.78 is 11.3. The Morgan fingerprint density at radius 2 is 1.76 bits per heavy atom. The molecule has 1 amide bonds. The Hall–Kier alpha value is -3.17. The summed E-state index contributed by atoms with van der Waals surface area (Å²) in [5.74, 6) is 0.373. The first-order valence-electron chi connectivity index (χ1n) is 9.92. The van der Waals surface area contributed by atoms with E-state index in [4.69, 9.17) is 44.3 Å². The van der Waals surface area contributed by atoms with Gasteiger partial charge in [0, 0.05) is 26.9 Å². The molecule has 0 aliphatic rings. The molecule has 0 atom stereocenters. The van der Waals surface area contributed by atoms with Gasteiger partial charge in [0.05, 0.1) is 11.6 Å². The van der Waals surface area contributed by atoms with E-state index in [0.717, 1.165) is 5.56 Å². The van der Waals surface area contributed by atoms with Crippen LogP contribution in [0.2, 0.25) is 15.1 Å². The van der Waals surface area contributed by atoms with E-state index in [-0.39, 0.29) is 23.0 Å². The molecular formula is C25H19Cl3N2O3. The number of benzene rings is 3. The number of hydrogen-bond donors (Lipinski definition) is 1. The van der Waals surface area contributed by atoms with E-state index >= 15 is 0 Å². The van der Waals surface area contributed by atoms with E-state index in [1.807, 2.05) is 31.2 Å². The molecular weight excluding hydrogens is 483 g/mol. The molecule has 0 aliphatic heterocycles. The van der Waals surface area contributed by atoms with Crippen LogP contribution in [0.1, 0.15) is 18.1 Å². The molecule has 3 aromatic rings. The van der Waals surface area contributed by atoms with Crippen LogP contribution in [-0.2, 0) is 11.4 Å². The number of halogens is 3. The van der Waals surface area contributed by atoms with Crippen LogP contribution in [-0.4, -0.2) is 12.5 Å². The summed E-state index contributed by atoms with van der Waals surface area (Å²) >= 11 is 18.7. The van der Waals surface area contributed by atoms with Crippen LogP contribution in [0.4, 0.5) is 5.69 Å². The number of nitrogens with one attached hydrogen (secondary N) is 1. The molecule has 5 nitrogen and oxygen atoms in total. The summed E-state index contributed by atoms with van der Waals surface area (Å²) in [7, 11) is 0. The summed E-state index contributed by atoms with van der Waals surface area (Å²) in [6, 6.07) is 19.1. The van der Waals surface area contributed by atoms with Crippen molar-refractivity contribution in [2.24, 2.45) is 0 Å². The van der Waals surface area contributed by atoms with E-state index < -0.39 is 5.91 Å². The van der Waals surface area contributed by atoms with Crippen LogP contribution in [0.25, 0.3) is 6.08 Å². The summed E-state index contributed by atoms with van der Waals surface area (Å²) in [4.78, 5) is 12.7. The number of ether oxygens (including phenoxy) is 2. The van der Waals surface area contributed by atoms with Gasteiger partial charge in [0.25, 0.3) is 5.91 Å². The fourth-order valence-electron chi connectivity index (χ4n) is 2.91. The molecule has 0 bridgehead atoms. The first kappa shape index (κ1) is 24.5. The van der Waals surface area contributed by atoms with Crippen LogP contribution in [0.3, 0.4) is 0 Å². The predicted molar refractivity (Wildman–Crippen MR) is 132 cm³/mol. The predicted octanol–water partition coefficient (Wildman–Crippen LogP) is 7.17. The first-order chi connectivity index (χ1) is 15.9. The number of nitriles is 1. The van der Waals surface area contributed by atoms with Crippen molar-refractivity contribution < 1.29 is 14.3 Å². The quantitative estimate of drug-likeness (QED) is 0.262. The lowest BCUT2D eigenvalue weighted by atomic mass is 10.1. The molecule has 0 fully saturated rings. The molecule has 1 N–H and O–H groups in total. The molecule has 0 heterocycles. The Labute approximate surface area is 207 Å². The molecule has 0 aliphatic carbocycles. The number of anilines is 1. The lowest BCUT2D eigenvalue weighted by molar-refractivity contribution is -0.112. The Morgan fingerprint density at radius 1 is 1.03 bits per heavy atom. The average Bonchev–Trinajstić information content (AvgIpc) is 2.79. The van der Waals surface area contributed by atoms with Crippen molar-refractivity contribution in [1.82, 2.24) is 0 Å². The number of nitrogens with zero attached hydrogens (tertiary/aromatic N) is 1. The number of rotatable bonds is 8. The zero-order chi connectivity index (χ0) is 23.8. The fraction of sp³-hybridized carbons (Fsp3) is 0.120. The molecule has 0 aromatic heterocycles. The topological polar surface area (TPSA) is 71.3 Å². The van der Waals surface area contributed by atoms with E-state index in [9.17, 15) is 10.1 Å². The second-order valence-corrected chi connectivity index (χ2v) is 8.02. The van der Waals surface area contributed by atoms with Crippen LogP contribution in [0.15, 0.2) is 66.2 Å². The number of carbonyl (C=O) groups excluding carboxylic acids is 1. The third kappa shape index (κ3) is 6.66. The third-order valence-electron chi connectivity index (χ3n) is 4.46. The van der Waals surface area contributed by atoms with Crippen molar-refractivity contribution >= 4 is 52.5 Å². The van der Waals surface area contributed by atoms with Gasteiger partial charge in [-0.2, -0.15) is 5.26 Å². The van der Waals surface area contributed by atoms with Gasteiger partial charge in [-0.15, -0.1) is 0 Å². The van der Waals surface area contributed by atoms with Gasteiger partial charge in [-0.3, -0.25) is 4.79 Å². The molecule has 3 aromatic carbocycles. The molecule has 8 heteroatoms. The van der Waals surface area contributed by atoms with Crippen LogP contribution in [0, 0.1) is 11.3 Å².